The fourth-order valence-corrected chi connectivity index (χ4v) is 9.09. The zero-order chi connectivity index (χ0) is 53.7. The Morgan fingerprint density at radius 1 is 0.608 bits per heavy atom. The number of methoxy groups -OCH3 is 1. The number of carboxylic acid groups (broad SMARTS) is 1. The molecule has 16 nitrogen and oxygen atoms in total. The van der Waals surface area contributed by atoms with E-state index < -0.39 is 73.8 Å². The highest BCUT2D eigenvalue weighted by molar-refractivity contribution is 6.76. The molecule has 0 heterocycles. The van der Waals surface area contributed by atoms with E-state index in [-0.39, 0.29) is 45.6 Å². The van der Waals surface area contributed by atoms with E-state index in [2.05, 4.69) is 40.9 Å². The van der Waals surface area contributed by atoms with Crippen LogP contribution in [0.5, 0.6) is 5.75 Å². The van der Waals surface area contributed by atoms with Crippen molar-refractivity contribution >= 4 is 44.2 Å². The molecule has 0 spiro atoms. The Kier molecular flexibility index (Phi) is 21.6. The first-order valence-corrected chi connectivity index (χ1v) is 28.4. The molecule has 0 radical (unpaired) electrons. The maximum atomic E-state index is 14.0. The number of carbonyl (C=O) groups excluding carboxylic acids is 5. The molecule has 0 bridgehead atoms. The molecule has 4 amide bonds. The van der Waals surface area contributed by atoms with Crippen molar-refractivity contribution in [3.05, 3.63) is 161 Å². The van der Waals surface area contributed by atoms with Crippen LogP contribution in [-0.2, 0) is 59.6 Å². The van der Waals surface area contributed by atoms with Gasteiger partial charge in [-0.25, -0.2) is 24.0 Å². The maximum Gasteiger partial charge on any atom is 0.408 e. The molecule has 1 unspecified atom stereocenters. The van der Waals surface area contributed by atoms with E-state index in [1.54, 1.807) is 39.0 Å². The summed E-state index contributed by atoms with van der Waals surface area (Å²) in [7, 11) is -0.580. The Hall–Kier alpha value is -7.66. The minimum atomic E-state index is -1.79. The van der Waals surface area contributed by atoms with Gasteiger partial charge in [0.2, 0.25) is 5.91 Å². The monoisotopic (exact) mass is 1030 g/mol. The van der Waals surface area contributed by atoms with Crippen molar-refractivity contribution < 1.29 is 57.6 Å². The van der Waals surface area contributed by atoms with Crippen molar-refractivity contribution in [2.45, 2.75) is 122 Å². The summed E-state index contributed by atoms with van der Waals surface area (Å²) < 4.78 is 27.9. The molecular weight excluding hydrogens is 961 g/mol. The summed E-state index contributed by atoms with van der Waals surface area (Å²) in [5.41, 5.74) is 4.21. The average Bonchev–Trinajstić information content (AvgIpc) is 3.37. The molecule has 0 aliphatic rings. The lowest BCUT2D eigenvalue weighted by atomic mass is 9.86. The largest absolute Gasteiger partial charge is 0.489 e. The first-order valence-electron chi connectivity index (χ1n) is 24.7. The molecule has 5 N–H and O–H groups in total. The van der Waals surface area contributed by atoms with Gasteiger partial charge < -0.3 is 50.1 Å². The second kappa shape index (κ2) is 28.0. The van der Waals surface area contributed by atoms with Gasteiger partial charge in [0.25, 0.3) is 0 Å². The quantitative estimate of drug-likeness (QED) is 0.0160. The Bertz CT molecular complexity index is 2620. The number of amides is 4. The number of ether oxygens (including phenoxy) is 5. The highest BCUT2D eigenvalue weighted by Gasteiger charge is 2.35. The third-order valence-electron chi connectivity index (χ3n) is 11.7. The number of rotatable bonds is 25. The van der Waals surface area contributed by atoms with Crippen molar-refractivity contribution in [3.8, 4) is 16.9 Å². The van der Waals surface area contributed by atoms with Crippen LogP contribution >= 0.6 is 0 Å². The van der Waals surface area contributed by atoms with Gasteiger partial charge in [-0.3, -0.25) is 4.79 Å². The molecule has 5 aromatic carbocycles. The van der Waals surface area contributed by atoms with E-state index in [4.69, 9.17) is 23.7 Å². The molecule has 394 valence electrons. The van der Waals surface area contributed by atoms with Crippen LogP contribution in [0.1, 0.15) is 73.8 Å². The van der Waals surface area contributed by atoms with Gasteiger partial charge in [0, 0.05) is 32.5 Å². The van der Waals surface area contributed by atoms with Gasteiger partial charge in [0.15, 0.2) is 0 Å². The Balaban J connectivity index is 1.41. The van der Waals surface area contributed by atoms with Gasteiger partial charge in [-0.15, -0.1) is 0 Å². The van der Waals surface area contributed by atoms with Crippen molar-refractivity contribution in [2.24, 2.45) is 0 Å². The summed E-state index contributed by atoms with van der Waals surface area (Å²) in [5.74, 6) is -2.96. The zero-order valence-corrected chi connectivity index (χ0v) is 44.3. The van der Waals surface area contributed by atoms with E-state index >= 15 is 0 Å². The third-order valence-corrected chi connectivity index (χ3v) is 13.5. The molecule has 0 fully saturated rings. The predicted octanol–water partition coefficient (Wildman–Crippen LogP) is 9.92. The number of nitrogens with one attached hydrogen (secondary N) is 4. The van der Waals surface area contributed by atoms with Gasteiger partial charge in [-0.1, -0.05) is 147 Å². The van der Waals surface area contributed by atoms with Crippen LogP contribution in [0, 0.1) is 0 Å². The molecule has 0 aliphatic carbocycles. The number of carbonyl (C=O) groups is 6. The molecule has 4 atom stereocenters. The van der Waals surface area contributed by atoms with Crippen molar-refractivity contribution in [2.75, 3.05) is 13.7 Å². The molecule has 74 heavy (non-hydrogen) atoms. The minimum absolute atomic E-state index is 0.0136. The van der Waals surface area contributed by atoms with E-state index in [0.717, 1.165) is 22.7 Å². The van der Waals surface area contributed by atoms with Gasteiger partial charge in [-0.05, 0) is 85.5 Å². The predicted molar refractivity (Wildman–Crippen MR) is 284 cm³/mol. The number of aliphatic carboxylic acids is 1. The molecule has 0 saturated carbocycles. The summed E-state index contributed by atoms with van der Waals surface area (Å²) >= 11 is 0. The average molecular weight is 1030 g/mol. The van der Waals surface area contributed by atoms with Gasteiger partial charge in [0.1, 0.15) is 49.3 Å². The molecule has 0 aromatic heterocycles. The topological polar surface area (TPSA) is 217 Å². The summed E-state index contributed by atoms with van der Waals surface area (Å²) in [4.78, 5) is 79.5. The van der Waals surface area contributed by atoms with Crippen LogP contribution in [0.4, 0.5) is 14.4 Å². The Labute approximate surface area is 434 Å². The van der Waals surface area contributed by atoms with Crippen LogP contribution in [0.25, 0.3) is 11.1 Å². The summed E-state index contributed by atoms with van der Waals surface area (Å²) in [6.45, 7) is 12.0. The van der Waals surface area contributed by atoms with E-state index in [1.165, 1.54) is 7.11 Å². The number of hydrogen-bond donors (Lipinski definition) is 5. The van der Waals surface area contributed by atoms with Crippen LogP contribution < -0.4 is 26.0 Å². The highest BCUT2D eigenvalue weighted by Crippen LogP contribution is 2.38. The standard InChI is InChI=1S/C57H70N4O12Si/c1-57(2,3)73-56(68)60-47(27-18-31-58-54(66)71-37-40-21-13-9-14-22-40)51(62)59-48(53(65)69-4)34-42-25-17-26-43(33-42)44-28-29-49(70-36-39-19-11-8-12-20-39)46(35-44)45(30-32-74(5,6)7)50(52(63)64)61-55(67)72-38-41-23-15-10-16-24-41/h8-17,19-26,28-29,33,35,45,47-48,50H,18,27,30-32,34,36-38H2,1-7H3,(H,58,66)(H,59,62)(H,60,68)(H,61,67)(H,63,64)/t45?,47-,48-,50-/m0/s1. The first kappa shape index (κ1) is 57.2. The SMILES string of the molecule is COC(=O)[C@H](Cc1cccc(-c2ccc(OCc3ccccc3)c(C(CC[Si](C)(C)C)[C@H](NC(=O)OCc3ccccc3)C(=O)O)c2)c1)NC(=O)[C@H](CCCNC(=O)OCc1ccccc1)NC(=O)OC(C)(C)C. The number of hydrogen-bond acceptors (Lipinski definition) is 11. The van der Waals surface area contributed by atoms with Crippen LogP contribution in [0.15, 0.2) is 133 Å². The smallest absolute Gasteiger partial charge is 0.408 e. The first-order chi connectivity index (χ1) is 35.3. The number of esters is 1. The lowest BCUT2D eigenvalue weighted by Crippen LogP contribution is -2.53. The molecule has 17 heteroatoms. The van der Waals surface area contributed by atoms with Crippen molar-refractivity contribution in [1.29, 1.82) is 0 Å². The number of alkyl carbamates (subject to hydrolysis) is 3. The van der Waals surface area contributed by atoms with E-state index in [0.29, 0.717) is 34.4 Å². The van der Waals surface area contributed by atoms with Gasteiger partial charge in [0.05, 0.1) is 7.11 Å². The minimum Gasteiger partial charge on any atom is -0.489 e. The van der Waals surface area contributed by atoms with Crippen molar-refractivity contribution in [3.63, 3.8) is 0 Å². The lowest BCUT2D eigenvalue weighted by molar-refractivity contribution is -0.145. The maximum absolute atomic E-state index is 14.0. The fourth-order valence-electron chi connectivity index (χ4n) is 7.91. The Morgan fingerprint density at radius 3 is 1.74 bits per heavy atom. The fraction of sp³-hybridized carbons (Fsp3) is 0.368. The third kappa shape index (κ3) is 19.7. The second-order valence-corrected chi connectivity index (χ2v) is 25.7. The normalized spacial score (nSPS) is 12.9. The number of benzene rings is 5. The Morgan fingerprint density at radius 2 is 1.18 bits per heavy atom. The second-order valence-electron chi connectivity index (χ2n) is 20.1. The number of carboxylic acids is 1. The molecular formula is C57H70N4O12Si. The summed E-state index contributed by atoms with van der Waals surface area (Å²) in [6, 6.07) is 37.7. The highest BCUT2D eigenvalue weighted by atomic mass is 28.3. The summed E-state index contributed by atoms with van der Waals surface area (Å²) in [6.07, 6.45) is -1.65. The van der Waals surface area contributed by atoms with Gasteiger partial charge in [-0.2, -0.15) is 0 Å². The van der Waals surface area contributed by atoms with Crippen molar-refractivity contribution in [1.82, 2.24) is 21.3 Å². The molecule has 5 rings (SSSR count). The molecule has 5 aromatic rings. The molecule has 0 saturated heterocycles. The zero-order valence-electron chi connectivity index (χ0n) is 43.3. The van der Waals surface area contributed by atoms with E-state index in [1.807, 2.05) is 115 Å². The van der Waals surface area contributed by atoms with Crippen LogP contribution in [-0.4, -0.2) is 86.7 Å². The van der Waals surface area contributed by atoms with E-state index in [9.17, 15) is 33.9 Å². The molecule has 0 aliphatic heterocycles. The lowest BCUT2D eigenvalue weighted by Gasteiger charge is -2.29. The van der Waals surface area contributed by atoms with Crippen LogP contribution in [0.3, 0.4) is 0 Å². The van der Waals surface area contributed by atoms with Crippen LogP contribution in [0.2, 0.25) is 25.7 Å². The van der Waals surface area contributed by atoms with Gasteiger partial charge >= 0.3 is 30.2 Å². The summed E-state index contributed by atoms with van der Waals surface area (Å²) in [5, 5.41) is 21.5.